The lowest BCUT2D eigenvalue weighted by molar-refractivity contribution is 0.411. The van der Waals surface area contributed by atoms with Crippen molar-refractivity contribution in [2.24, 2.45) is 11.3 Å². The van der Waals surface area contributed by atoms with Gasteiger partial charge in [-0.3, -0.25) is 0 Å². The highest BCUT2D eigenvalue weighted by molar-refractivity contribution is 5.15. The van der Waals surface area contributed by atoms with E-state index in [0.717, 1.165) is 12.3 Å². The van der Waals surface area contributed by atoms with Crippen LogP contribution in [0.5, 0.6) is 0 Å². The second-order valence-electron chi connectivity index (χ2n) is 6.03. The summed E-state index contributed by atoms with van der Waals surface area (Å²) >= 11 is 0. The van der Waals surface area contributed by atoms with Crippen molar-refractivity contribution in [3.63, 3.8) is 0 Å². The molecule has 0 bridgehead atoms. The van der Waals surface area contributed by atoms with Gasteiger partial charge in [-0.1, -0.05) is 85.7 Å². The van der Waals surface area contributed by atoms with Crippen LogP contribution in [-0.4, -0.2) is 0 Å². The van der Waals surface area contributed by atoms with Crippen LogP contribution in [0.15, 0.2) is 30.3 Å². The summed E-state index contributed by atoms with van der Waals surface area (Å²) in [7, 11) is 0. The van der Waals surface area contributed by atoms with E-state index in [1.54, 1.807) is 0 Å². The molecule has 0 unspecified atom stereocenters. The number of benzene rings is 1. The molecule has 0 N–H and O–H groups in total. The normalized spacial score (nSPS) is 10.3. The first-order valence-corrected chi connectivity index (χ1v) is 6.39. The fraction of sp³-hybridized carbons (Fsp3) is 0.647. The minimum absolute atomic E-state index is 0. The van der Waals surface area contributed by atoms with E-state index in [4.69, 9.17) is 0 Å². The maximum atomic E-state index is 2.26. The summed E-state index contributed by atoms with van der Waals surface area (Å²) in [6.07, 6.45) is 2.47. The van der Waals surface area contributed by atoms with E-state index < -0.39 is 0 Å². The third-order valence-electron chi connectivity index (χ3n) is 2.39. The van der Waals surface area contributed by atoms with Gasteiger partial charge in [0.25, 0.3) is 0 Å². The molecule has 0 heterocycles. The van der Waals surface area contributed by atoms with Crippen molar-refractivity contribution in [1.82, 2.24) is 0 Å². The van der Waals surface area contributed by atoms with Crippen LogP contribution >= 0.6 is 0 Å². The van der Waals surface area contributed by atoms with E-state index in [2.05, 4.69) is 71.9 Å². The Morgan fingerprint density at radius 1 is 1.00 bits per heavy atom. The summed E-state index contributed by atoms with van der Waals surface area (Å²) in [6, 6.07) is 10.6. The maximum absolute atomic E-state index is 2.26. The smallest absolute Gasteiger partial charge is 0.0230 e. The molecule has 17 heavy (non-hydrogen) atoms. The summed E-state index contributed by atoms with van der Waals surface area (Å²) in [4.78, 5) is 0. The molecular formula is C17H32. The van der Waals surface area contributed by atoms with Crippen LogP contribution < -0.4 is 0 Å². The summed E-state index contributed by atoms with van der Waals surface area (Å²) in [5.41, 5.74) is 1.83. The molecule has 0 amide bonds. The Hall–Kier alpha value is -0.780. The summed E-state index contributed by atoms with van der Waals surface area (Å²) < 4.78 is 0. The Bertz CT molecular complexity index is 251. The lowest BCUT2D eigenvalue weighted by atomic mass is 9.88. The van der Waals surface area contributed by atoms with Gasteiger partial charge in [0.05, 0.1) is 0 Å². The SMILES string of the molecule is C.CC(C)(C)Cc1ccccc1.CCC(C)C. The molecule has 0 aliphatic heterocycles. The Morgan fingerprint density at radius 2 is 1.41 bits per heavy atom. The molecule has 1 rings (SSSR count). The maximum Gasteiger partial charge on any atom is -0.0230 e. The molecule has 0 saturated heterocycles. The molecule has 0 saturated carbocycles. The van der Waals surface area contributed by atoms with Gasteiger partial charge in [-0.05, 0) is 23.3 Å². The van der Waals surface area contributed by atoms with E-state index in [-0.39, 0.29) is 7.43 Å². The van der Waals surface area contributed by atoms with Crippen molar-refractivity contribution in [1.29, 1.82) is 0 Å². The second kappa shape index (κ2) is 9.27. The molecule has 0 fully saturated rings. The molecule has 0 aliphatic rings. The standard InChI is InChI=1S/C11H16.C5H12.CH4/c1-11(2,3)9-10-7-5-4-6-8-10;1-4-5(2)3;/h4-8H,9H2,1-3H3;5H,4H2,1-3H3;1H4. The molecule has 0 heteroatoms. The zero-order chi connectivity index (χ0) is 12.6. The first-order chi connectivity index (χ1) is 7.35. The van der Waals surface area contributed by atoms with Crippen LogP contribution in [0.25, 0.3) is 0 Å². The highest BCUT2D eigenvalue weighted by atomic mass is 14.1. The third kappa shape index (κ3) is 13.2. The van der Waals surface area contributed by atoms with E-state index in [1.807, 2.05) is 0 Å². The van der Waals surface area contributed by atoms with Crippen LogP contribution in [0.2, 0.25) is 0 Å². The van der Waals surface area contributed by atoms with Crippen LogP contribution in [0, 0.1) is 11.3 Å². The number of rotatable bonds is 2. The fourth-order valence-corrected chi connectivity index (χ4v) is 1.21. The Kier molecular flexibility index (Phi) is 10.1. The monoisotopic (exact) mass is 236 g/mol. The Labute approximate surface area is 109 Å². The second-order valence-corrected chi connectivity index (χ2v) is 6.03. The number of hydrogen-bond acceptors (Lipinski definition) is 0. The topological polar surface area (TPSA) is 0 Å². The van der Waals surface area contributed by atoms with Gasteiger partial charge in [0, 0.05) is 0 Å². The Morgan fingerprint density at radius 3 is 1.71 bits per heavy atom. The molecule has 0 nitrogen and oxygen atoms in total. The molecule has 0 aromatic heterocycles. The van der Waals surface area contributed by atoms with Crippen LogP contribution in [0.3, 0.4) is 0 Å². The van der Waals surface area contributed by atoms with Crippen molar-refractivity contribution in [2.45, 2.75) is 61.8 Å². The van der Waals surface area contributed by atoms with Crippen molar-refractivity contribution in [3.05, 3.63) is 35.9 Å². The fourth-order valence-electron chi connectivity index (χ4n) is 1.21. The summed E-state index contributed by atoms with van der Waals surface area (Å²) in [5, 5.41) is 0. The molecule has 0 aliphatic carbocycles. The van der Waals surface area contributed by atoms with Gasteiger partial charge in [0.1, 0.15) is 0 Å². The van der Waals surface area contributed by atoms with Gasteiger partial charge in [-0.15, -0.1) is 0 Å². The first-order valence-electron chi connectivity index (χ1n) is 6.39. The zero-order valence-corrected chi connectivity index (χ0v) is 11.9. The van der Waals surface area contributed by atoms with Crippen molar-refractivity contribution >= 4 is 0 Å². The lowest BCUT2D eigenvalue weighted by Gasteiger charge is -2.17. The van der Waals surface area contributed by atoms with E-state index >= 15 is 0 Å². The molecular weight excluding hydrogens is 204 g/mol. The van der Waals surface area contributed by atoms with E-state index in [0.29, 0.717) is 5.41 Å². The molecule has 0 spiro atoms. The van der Waals surface area contributed by atoms with Crippen molar-refractivity contribution < 1.29 is 0 Å². The molecule has 100 valence electrons. The third-order valence-corrected chi connectivity index (χ3v) is 2.39. The minimum Gasteiger partial charge on any atom is -0.0776 e. The zero-order valence-electron chi connectivity index (χ0n) is 11.9. The summed E-state index contributed by atoms with van der Waals surface area (Å²) in [5.74, 6) is 0.884. The predicted octanol–water partition coefficient (Wildman–Crippen LogP) is 5.96. The van der Waals surface area contributed by atoms with Gasteiger partial charge in [0.2, 0.25) is 0 Å². The number of hydrogen-bond donors (Lipinski definition) is 0. The molecule has 0 atom stereocenters. The van der Waals surface area contributed by atoms with Gasteiger partial charge in [-0.25, -0.2) is 0 Å². The minimum atomic E-state index is 0. The highest BCUT2D eigenvalue weighted by Gasteiger charge is 2.09. The van der Waals surface area contributed by atoms with Gasteiger partial charge < -0.3 is 0 Å². The van der Waals surface area contributed by atoms with E-state index in [1.165, 1.54) is 12.0 Å². The quantitative estimate of drug-likeness (QED) is 0.594. The van der Waals surface area contributed by atoms with Gasteiger partial charge in [0.15, 0.2) is 0 Å². The van der Waals surface area contributed by atoms with Gasteiger partial charge in [-0.2, -0.15) is 0 Å². The average molecular weight is 236 g/mol. The molecule has 1 aromatic carbocycles. The molecule has 1 aromatic rings. The van der Waals surface area contributed by atoms with E-state index in [9.17, 15) is 0 Å². The van der Waals surface area contributed by atoms with Crippen molar-refractivity contribution in [3.8, 4) is 0 Å². The van der Waals surface area contributed by atoms with Crippen LogP contribution in [0.4, 0.5) is 0 Å². The largest absolute Gasteiger partial charge is 0.0776 e. The predicted molar refractivity (Wildman–Crippen MR) is 81.5 cm³/mol. The van der Waals surface area contributed by atoms with Crippen LogP contribution in [-0.2, 0) is 6.42 Å². The summed E-state index contributed by atoms with van der Waals surface area (Å²) in [6.45, 7) is 13.4. The van der Waals surface area contributed by atoms with Crippen LogP contribution in [0.1, 0.15) is 61.0 Å². The Balaban J connectivity index is 0. The lowest BCUT2D eigenvalue weighted by Crippen LogP contribution is -2.08. The molecule has 0 radical (unpaired) electrons. The first kappa shape index (κ1) is 18.6. The average Bonchev–Trinajstić information content (AvgIpc) is 2.17. The van der Waals surface area contributed by atoms with Crippen molar-refractivity contribution in [2.75, 3.05) is 0 Å². The van der Waals surface area contributed by atoms with Gasteiger partial charge >= 0.3 is 0 Å². The highest BCUT2D eigenvalue weighted by Crippen LogP contribution is 2.19.